The van der Waals surface area contributed by atoms with Gasteiger partial charge in [0.05, 0.1) is 4.90 Å². The van der Waals surface area contributed by atoms with E-state index in [-0.39, 0.29) is 22.9 Å². The topological polar surface area (TPSA) is 66.5 Å². The highest BCUT2D eigenvalue weighted by atomic mass is 32.2. The lowest BCUT2D eigenvalue weighted by Gasteiger charge is -2.30. The molecule has 0 radical (unpaired) electrons. The minimum Gasteiger partial charge on any atom is -0.349 e. The maximum absolute atomic E-state index is 13.0. The van der Waals surface area contributed by atoms with Crippen molar-refractivity contribution in [1.29, 1.82) is 0 Å². The van der Waals surface area contributed by atoms with E-state index in [9.17, 15) is 13.2 Å². The molecule has 1 amide bonds. The summed E-state index contributed by atoms with van der Waals surface area (Å²) in [6.45, 7) is 0. The number of carbonyl (C=O) groups excluding carboxylic acids is 1. The first kappa shape index (κ1) is 19.4. The van der Waals surface area contributed by atoms with Crippen LogP contribution in [0.2, 0.25) is 0 Å². The molecule has 1 N–H and O–H groups in total. The second-order valence-corrected chi connectivity index (χ2v) is 9.65. The predicted octanol–water partition coefficient (Wildman–Crippen LogP) is 3.70. The van der Waals surface area contributed by atoms with Crippen LogP contribution in [0.4, 0.5) is 0 Å². The molecule has 2 saturated carbocycles. The fraction of sp³-hybridized carbons (Fsp3) is 0.650. The predicted molar refractivity (Wildman–Crippen MR) is 103 cm³/mol. The molecule has 1 aromatic rings. The fourth-order valence-corrected chi connectivity index (χ4v) is 5.58. The third kappa shape index (κ3) is 4.46. The van der Waals surface area contributed by atoms with E-state index >= 15 is 0 Å². The fourth-order valence-electron chi connectivity index (χ4n) is 4.12. The third-order valence-corrected chi connectivity index (χ3v) is 7.71. The Labute approximate surface area is 157 Å². The van der Waals surface area contributed by atoms with Crippen molar-refractivity contribution in [3.63, 3.8) is 0 Å². The molecule has 3 rings (SSSR count). The number of rotatable bonds is 5. The highest BCUT2D eigenvalue weighted by Crippen LogP contribution is 2.27. The molecule has 2 aliphatic carbocycles. The van der Waals surface area contributed by atoms with E-state index in [4.69, 9.17) is 0 Å². The molecule has 0 saturated heterocycles. The van der Waals surface area contributed by atoms with Crippen molar-refractivity contribution < 1.29 is 13.2 Å². The average Bonchev–Trinajstić information content (AvgIpc) is 2.69. The van der Waals surface area contributed by atoms with E-state index < -0.39 is 10.0 Å². The SMILES string of the molecule is CN(C1CCCCC1)S(=O)(=O)c1cccc(C(=O)NC2CCCCC2)c1. The van der Waals surface area contributed by atoms with Crippen LogP contribution in [0.1, 0.15) is 74.6 Å². The van der Waals surface area contributed by atoms with Gasteiger partial charge in [0.2, 0.25) is 10.0 Å². The maximum atomic E-state index is 13.0. The van der Waals surface area contributed by atoms with Gasteiger partial charge in [0, 0.05) is 24.7 Å². The Morgan fingerprint density at radius 3 is 2.27 bits per heavy atom. The molecule has 0 heterocycles. The van der Waals surface area contributed by atoms with Crippen molar-refractivity contribution in [2.75, 3.05) is 7.05 Å². The molecule has 0 bridgehead atoms. The summed E-state index contributed by atoms with van der Waals surface area (Å²) in [6, 6.07) is 6.74. The van der Waals surface area contributed by atoms with Gasteiger partial charge in [0.25, 0.3) is 5.91 Å². The summed E-state index contributed by atoms with van der Waals surface area (Å²) in [7, 11) is -1.91. The zero-order valence-corrected chi connectivity index (χ0v) is 16.4. The van der Waals surface area contributed by atoms with Gasteiger partial charge in [0.15, 0.2) is 0 Å². The van der Waals surface area contributed by atoms with Crippen LogP contribution in [-0.4, -0.2) is 37.8 Å². The van der Waals surface area contributed by atoms with Crippen molar-refractivity contribution in [2.45, 2.75) is 81.2 Å². The number of nitrogens with one attached hydrogen (secondary N) is 1. The van der Waals surface area contributed by atoms with Gasteiger partial charge < -0.3 is 5.32 Å². The lowest BCUT2D eigenvalue weighted by molar-refractivity contribution is 0.0927. The first-order valence-electron chi connectivity index (χ1n) is 9.87. The van der Waals surface area contributed by atoms with E-state index in [1.807, 2.05) is 0 Å². The largest absolute Gasteiger partial charge is 0.349 e. The van der Waals surface area contributed by atoms with E-state index in [1.54, 1.807) is 25.2 Å². The number of hydrogen-bond acceptors (Lipinski definition) is 3. The quantitative estimate of drug-likeness (QED) is 0.849. The Morgan fingerprint density at radius 2 is 1.62 bits per heavy atom. The Morgan fingerprint density at radius 1 is 1.00 bits per heavy atom. The molecule has 1 aromatic carbocycles. The van der Waals surface area contributed by atoms with Crippen molar-refractivity contribution in [1.82, 2.24) is 9.62 Å². The first-order chi connectivity index (χ1) is 12.5. The second kappa shape index (κ2) is 8.53. The highest BCUT2D eigenvalue weighted by Gasteiger charge is 2.29. The number of nitrogens with zero attached hydrogens (tertiary/aromatic N) is 1. The molecular weight excluding hydrogens is 348 g/mol. The highest BCUT2D eigenvalue weighted by molar-refractivity contribution is 7.89. The van der Waals surface area contributed by atoms with Crippen molar-refractivity contribution >= 4 is 15.9 Å². The van der Waals surface area contributed by atoms with Crippen LogP contribution in [0.5, 0.6) is 0 Å². The number of sulfonamides is 1. The molecule has 26 heavy (non-hydrogen) atoms. The van der Waals surface area contributed by atoms with E-state index in [0.29, 0.717) is 5.56 Å². The zero-order valence-electron chi connectivity index (χ0n) is 15.6. The number of carbonyl (C=O) groups is 1. The van der Waals surface area contributed by atoms with Crippen LogP contribution in [0, 0.1) is 0 Å². The van der Waals surface area contributed by atoms with Gasteiger partial charge in [-0.1, -0.05) is 44.6 Å². The molecule has 0 atom stereocenters. The lowest BCUT2D eigenvalue weighted by atomic mass is 9.95. The van der Waals surface area contributed by atoms with E-state index in [1.165, 1.54) is 23.2 Å². The number of benzene rings is 1. The van der Waals surface area contributed by atoms with Crippen LogP contribution in [0.15, 0.2) is 29.2 Å². The molecule has 0 aliphatic heterocycles. The lowest BCUT2D eigenvalue weighted by Crippen LogP contribution is -2.38. The van der Waals surface area contributed by atoms with Crippen LogP contribution < -0.4 is 5.32 Å². The molecule has 0 spiro atoms. The Bertz CT molecular complexity index is 720. The standard InChI is InChI=1S/C20H30N2O3S/c1-22(18-12-6-3-7-13-18)26(24,25)19-14-8-9-16(15-19)20(23)21-17-10-4-2-5-11-17/h8-9,14-15,17-18H,2-7,10-13H2,1H3,(H,21,23). The molecule has 144 valence electrons. The van der Waals surface area contributed by atoms with Crippen molar-refractivity contribution in [3.05, 3.63) is 29.8 Å². The minimum absolute atomic E-state index is 0.0634. The van der Waals surface area contributed by atoms with Gasteiger partial charge in [0.1, 0.15) is 0 Å². The summed E-state index contributed by atoms with van der Waals surface area (Å²) in [4.78, 5) is 12.8. The van der Waals surface area contributed by atoms with Gasteiger partial charge in [-0.3, -0.25) is 4.79 Å². The molecule has 2 fully saturated rings. The van der Waals surface area contributed by atoms with Crippen molar-refractivity contribution in [2.24, 2.45) is 0 Å². The van der Waals surface area contributed by atoms with Gasteiger partial charge in [-0.05, 0) is 43.9 Å². The molecule has 0 aromatic heterocycles. The normalized spacial score (nSPS) is 20.2. The maximum Gasteiger partial charge on any atom is 0.251 e. The van der Waals surface area contributed by atoms with Gasteiger partial charge >= 0.3 is 0 Å². The summed E-state index contributed by atoms with van der Waals surface area (Å²) in [5.74, 6) is -0.172. The summed E-state index contributed by atoms with van der Waals surface area (Å²) < 4.78 is 27.5. The molecule has 5 nitrogen and oxygen atoms in total. The molecular formula is C20H30N2O3S. The van der Waals surface area contributed by atoms with Crippen LogP contribution >= 0.6 is 0 Å². The smallest absolute Gasteiger partial charge is 0.251 e. The Hall–Kier alpha value is -1.40. The molecule has 0 unspecified atom stereocenters. The summed E-state index contributed by atoms with van der Waals surface area (Å²) in [5.41, 5.74) is 0.425. The monoisotopic (exact) mass is 378 g/mol. The van der Waals surface area contributed by atoms with Gasteiger partial charge in [-0.25, -0.2) is 8.42 Å². The number of hydrogen-bond donors (Lipinski definition) is 1. The van der Waals surface area contributed by atoms with Gasteiger partial charge in [-0.15, -0.1) is 0 Å². The van der Waals surface area contributed by atoms with E-state index in [0.717, 1.165) is 51.4 Å². The molecule has 2 aliphatic rings. The first-order valence-corrected chi connectivity index (χ1v) is 11.3. The summed E-state index contributed by atoms with van der Waals surface area (Å²) in [5, 5.41) is 3.06. The second-order valence-electron chi connectivity index (χ2n) is 7.65. The average molecular weight is 379 g/mol. The third-order valence-electron chi connectivity index (χ3n) is 5.80. The van der Waals surface area contributed by atoms with Gasteiger partial charge in [-0.2, -0.15) is 4.31 Å². The Balaban J connectivity index is 1.73. The summed E-state index contributed by atoms with van der Waals surface area (Å²) in [6.07, 6.45) is 10.7. The minimum atomic E-state index is -3.57. The Kier molecular flexibility index (Phi) is 6.35. The van der Waals surface area contributed by atoms with E-state index in [2.05, 4.69) is 5.32 Å². The summed E-state index contributed by atoms with van der Waals surface area (Å²) >= 11 is 0. The van der Waals surface area contributed by atoms with Crippen LogP contribution in [0.3, 0.4) is 0 Å². The van der Waals surface area contributed by atoms with Crippen molar-refractivity contribution in [3.8, 4) is 0 Å². The molecule has 6 heteroatoms. The van der Waals surface area contributed by atoms with Crippen LogP contribution in [-0.2, 0) is 10.0 Å². The van der Waals surface area contributed by atoms with Crippen LogP contribution in [0.25, 0.3) is 0 Å². The number of amides is 1. The zero-order chi connectivity index (χ0) is 18.6.